The van der Waals surface area contributed by atoms with E-state index in [0.29, 0.717) is 5.92 Å². The predicted molar refractivity (Wildman–Crippen MR) is 66.0 cm³/mol. The first-order valence-electron chi connectivity index (χ1n) is 5.57. The summed E-state index contributed by atoms with van der Waals surface area (Å²) in [4.78, 5) is 8.98. The Labute approximate surface area is 99.9 Å². The molecule has 2 rings (SSSR count). The van der Waals surface area contributed by atoms with Crippen LogP contribution < -0.4 is 5.32 Å². The molecular weight excluding hydrogens is 222 g/mol. The Bertz CT molecular complexity index is 368. The molecule has 0 aromatic carbocycles. The van der Waals surface area contributed by atoms with E-state index in [4.69, 9.17) is 5.11 Å². The summed E-state index contributed by atoms with van der Waals surface area (Å²) in [6, 6.07) is 1.93. The molecule has 2 N–H and O–H groups in total. The molecule has 1 aromatic rings. The Kier molecular flexibility index (Phi) is 3.66. The fourth-order valence-corrected chi connectivity index (χ4v) is 2.21. The van der Waals surface area contributed by atoms with E-state index in [0.717, 1.165) is 16.7 Å². The Balaban J connectivity index is 2.18. The number of hydrogen-bond acceptors (Lipinski definition) is 5. The maximum atomic E-state index is 9.03. The van der Waals surface area contributed by atoms with Crippen molar-refractivity contribution in [1.29, 1.82) is 0 Å². The van der Waals surface area contributed by atoms with Crippen molar-refractivity contribution in [2.75, 3.05) is 19.0 Å². The van der Waals surface area contributed by atoms with Gasteiger partial charge in [0.25, 0.3) is 0 Å². The fraction of sp³-hybridized carbons (Fsp3) is 0.636. The normalized spacial score (nSPS) is 17.2. The molecule has 16 heavy (non-hydrogen) atoms. The first kappa shape index (κ1) is 11.7. The van der Waals surface area contributed by atoms with E-state index < -0.39 is 0 Å². The van der Waals surface area contributed by atoms with Crippen LogP contribution in [0.25, 0.3) is 0 Å². The molecule has 5 heteroatoms. The predicted octanol–water partition coefficient (Wildman–Crippen LogP) is 1.87. The quantitative estimate of drug-likeness (QED) is 0.607. The van der Waals surface area contributed by atoms with E-state index in [1.54, 1.807) is 11.8 Å². The van der Waals surface area contributed by atoms with Gasteiger partial charge in [0, 0.05) is 24.3 Å². The van der Waals surface area contributed by atoms with Crippen LogP contribution in [-0.4, -0.2) is 34.0 Å². The molecule has 1 aliphatic rings. The van der Waals surface area contributed by atoms with Crippen LogP contribution in [0.3, 0.4) is 0 Å². The number of aliphatic hydroxyl groups is 1. The molecule has 1 saturated carbocycles. The molecule has 0 aliphatic heterocycles. The Hall–Kier alpha value is -0.810. The second kappa shape index (κ2) is 5.01. The molecule has 0 amide bonds. The summed E-state index contributed by atoms with van der Waals surface area (Å²) in [7, 11) is 1.86. The summed E-state index contributed by atoms with van der Waals surface area (Å²) in [5.41, 5.74) is 0. The third-order valence-electron chi connectivity index (χ3n) is 2.50. The first-order valence-corrected chi connectivity index (χ1v) is 6.45. The maximum Gasteiger partial charge on any atom is 0.135 e. The second-order valence-corrected chi connectivity index (χ2v) is 5.54. The highest BCUT2D eigenvalue weighted by Crippen LogP contribution is 2.39. The van der Waals surface area contributed by atoms with Gasteiger partial charge in [-0.3, -0.25) is 0 Å². The third kappa shape index (κ3) is 2.86. The Morgan fingerprint density at radius 1 is 1.56 bits per heavy atom. The molecule has 1 atom stereocenters. The van der Waals surface area contributed by atoms with E-state index in [1.807, 2.05) is 20.0 Å². The first-order chi connectivity index (χ1) is 7.72. The van der Waals surface area contributed by atoms with Gasteiger partial charge < -0.3 is 10.4 Å². The monoisotopic (exact) mass is 239 g/mol. The van der Waals surface area contributed by atoms with Crippen LogP contribution in [0.5, 0.6) is 0 Å². The van der Waals surface area contributed by atoms with Crippen molar-refractivity contribution in [2.45, 2.75) is 36.0 Å². The van der Waals surface area contributed by atoms with E-state index >= 15 is 0 Å². The number of nitrogens with zero attached hydrogens (tertiary/aromatic N) is 2. The van der Waals surface area contributed by atoms with Gasteiger partial charge in [0.05, 0.1) is 6.61 Å². The SMILES string of the molecule is CNc1cc(SC(C)CO)nc(C2CC2)n1. The molecule has 0 bridgehead atoms. The minimum absolute atomic E-state index is 0.169. The lowest BCUT2D eigenvalue weighted by molar-refractivity contribution is 0.300. The van der Waals surface area contributed by atoms with Crippen molar-refractivity contribution in [2.24, 2.45) is 0 Å². The fourth-order valence-electron chi connectivity index (χ4n) is 1.40. The van der Waals surface area contributed by atoms with Gasteiger partial charge in [0.1, 0.15) is 16.7 Å². The molecule has 1 unspecified atom stereocenters. The topological polar surface area (TPSA) is 58.0 Å². The molecule has 0 spiro atoms. The van der Waals surface area contributed by atoms with Crippen molar-refractivity contribution < 1.29 is 5.11 Å². The standard InChI is InChI=1S/C11H17N3OS/c1-7(6-15)16-10-5-9(12-2)13-11(14-10)8-3-4-8/h5,7-8,15H,3-4,6H2,1-2H3,(H,12,13,14). The van der Waals surface area contributed by atoms with Gasteiger partial charge in [-0.25, -0.2) is 9.97 Å². The molecule has 88 valence electrons. The van der Waals surface area contributed by atoms with Gasteiger partial charge in [-0.15, -0.1) is 11.8 Å². The molecule has 0 saturated heterocycles. The maximum absolute atomic E-state index is 9.03. The zero-order valence-corrected chi connectivity index (χ0v) is 10.4. The van der Waals surface area contributed by atoms with Crippen molar-refractivity contribution in [1.82, 2.24) is 9.97 Å². The summed E-state index contributed by atoms with van der Waals surface area (Å²) in [5, 5.41) is 13.2. The molecule has 0 radical (unpaired) electrons. The summed E-state index contributed by atoms with van der Waals surface area (Å²) < 4.78 is 0. The summed E-state index contributed by atoms with van der Waals surface area (Å²) in [6.07, 6.45) is 2.40. The van der Waals surface area contributed by atoms with Crippen LogP contribution in [0.4, 0.5) is 5.82 Å². The van der Waals surface area contributed by atoms with Crippen LogP contribution in [0.15, 0.2) is 11.1 Å². The molecule has 1 aromatic heterocycles. The summed E-state index contributed by atoms with van der Waals surface area (Å²) in [5.74, 6) is 2.36. The van der Waals surface area contributed by atoms with E-state index in [-0.39, 0.29) is 11.9 Å². The number of nitrogens with one attached hydrogen (secondary N) is 1. The lowest BCUT2D eigenvalue weighted by Crippen LogP contribution is -2.05. The van der Waals surface area contributed by atoms with Gasteiger partial charge in [0.2, 0.25) is 0 Å². The molecule has 1 heterocycles. The number of anilines is 1. The highest BCUT2D eigenvalue weighted by molar-refractivity contribution is 7.99. The zero-order chi connectivity index (χ0) is 11.5. The Morgan fingerprint density at radius 3 is 2.88 bits per heavy atom. The number of aliphatic hydroxyl groups excluding tert-OH is 1. The summed E-state index contributed by atoms with van der Waals surface area (Å²) >= 11 is 1.59. The van der Waals surface area contributed by atoms with Crippen molar-refractivity contribution in [3.8, 4) is 0 Å². The minimum Gasteiger partial charge on any atom is -0.395 e. The zero-order valence-electron chi connectivity index (χ0n) is 9.60. The van der Waals surface area contributed by atoms with Gasteiger partial charge in [0.15, 0.2) is 0 Å². The van der Waals surface area contributed by atoms with Crippen LogP contribution in [0, 0.1) is 0 Å². The summed E-state index contributed by atoms with van der Waals surface area (Å²) in [6.45, 7) is 2.16. The number of aromatic nitrogens is 2. The van der Waals surface area contributed by atoms with Crippen molar-refractivity contribution in [3.05, 3.63) is 11.9 Å². The van der Waals surface area contributed by atoms with Crippen LogP contribution in [-0.2, 0) is 0 Å². The van der Waals surface area contributed by atoms with E-state index in [2.05, 4.69) is 15.3 Å². The van der Waals surface area contributed by atoms with Crippen LogP contribution >= 0.6 is 11.8 Å². The minimum atomic E-state index is 0.169. The van der Waals surface area contributed by atoms with Crippen molar-refractivity contribution in [3.63, 3.8) is 0 Å². The van der Waals surface area contributed by atoms with E-state index in [1.165, 1.54) is 12.8 Å². The van der Waals surface area contributed by atoms with Gasteiger partial charge >= 0.3 is 0 Å². The smallest absolute Gasteiger partial charge is 0.135 e. The number of rotatable bonds is 5. The highest BCUT2D eigenvalue weighted by Gasteiger charge is 2.27. The lowest BCUT2D eigenvalue weighted by atomic mass is 10.4. The lowest BCUT2D eigenvalue weighted by Gasteiger charge is -2.09. The highest BCUT2D eigenvalue weighted by atomic mass is 32.2. The average Bonchev–Trinajstić information content (AvgIpc) is 3.12. The van der Waals surface area contributed by atoms with Gasteiger partial charge in [-0.2, -0.15) is 0 Å². The molecular formula is C11H17N3OS. The van der Waals surface area contributed by atoms with Crippen LogP contribution in [0.1, 0.15) is 31.5 Å². The third-order valence-corrected chi connectivity index (χ3v) is 3.50. The average molecular weight is 239 g/mol. The Morgan fingerprint density at radius 2 is 2.31 bits per heavy atom. The van der Waals surface area contributed by atoms with E-state index in [9.17, 15) is 0 Å². The molecule has 4 nitrogen and oxygen atoms in total. The van der Waals surface area contributed by atoms with Crippen molar-refractivity contribution >= 4 is 17.6 Å². The second-order valence-electron chi connectivity index (χ2n) is 4.08. The molecule has 1 fully saturated rings. The van der Waals surface area contributed by atoms with Gasteiger partial charge in [-0.05, 0) is 12.8 Å². The van der Waals surface area contributed by atoms with Crippen LogP contribution in [0.2, 0.25) is 0 Å². The number of hydrogen-bond donors (Lipinski definition) is 2. The molecule has 1 aliphatic carbocycles. The van der Waals surface area contributed by atoms with Gasteiger partial charge in [-0.1, -0.05) is 6.92 Å². The largest absolute Gasteiger partial charge is 0.395 e. The number of thioether (sulfide) groups is 1.